The van der Waals surface area contributed by atoms with Crippen molar-refractivity contribution in [1.82, 2.24) is 20.4 Å². The van der Waals surface area contributed by atoms with Crippen LogP contribution in [0.15, 0.2) is 41.8 Å². The molecule has 1 aliphatic heterocycles. The molecule has 1 aliphatic rings. The molecule has 0 spiro atoms. The lowest BCUT2D eigenvalue weighted by atomic mass is 10.1. The van der Waals surface area contributed by atoms with E-state index in [4.69, 9.17) is 4.74 Å². The van der Waals surface area contributed by atoms with Gasteiger partial charge in [-0.25, -0.2) is 4.98 Å². The predicted octanol–water partition coefficient (Wildman–Crippen LogP) is 3.27. The van der Waals surface area contributed by atoms with E-state index < -0.39 is 0 Å². The van der Waals surface area contributed by atoms with Crippen molar-refractivity contribution in [2.24, 2.45) is 0 Å². The summed E-state index contributed by atoms with van der Waals surface area (Å²) >= 11 is 1.40. The summed E-state index contributed by atoms with van der Waals surface area (Å²) in [5.74, 6) is 0.721. The second-order valence-electron chi connectivity index (χ2n) is 5.94. The number of benzene rings is 2. The van der Waals surface area contributed by atoms with Gasteiger partial charge in [0.05, 0.1) is 12.3 Å². The molecule has 2 aromatic heterocycles. The number of carbonyl (C=O) groups is 1. The molecule has 2 N–H and O–H groups in total. The van der Waals surface area contributed by atoms with Crippen LogP contribution in [0.5, 0.6) is 5.75 Å². The van der Waals surface area contributed by atoms with Gasteiger partial charge in [0.2, 0.25) is 0 Å². The first-order valence-electron chi connectivity index (χ1n) is 8.10. The van der Waals surface area contributed by atoms with Crippen molar-refractivity contribution in [2.45, 2.75) is 6.42 Å². The highest BCUT2D eigenvalue weighted by atomic mass is 32.1. The number of ether oxygens (including phenoxy) is 1. The number of hydrogen-bond acceptors (Lipinski definition) is 6. The predicted molar refractivity (Wildman–Crippen MR) is 98.6 cm³/mol. The zero-order valence-electron chi connectivity index (χ0n) is 13.5. The zero-order valence-corrected chi connectivity index (χ0v) is 14.3. The summed E-state index contributed by atoms with van der Waals surface area (Å²) in [5, 5.41) is 15.9. The van der Waals surface area contributed by atoms with E-state index >= 15 is 0 Å². The average molecular weight is 363 g/mol. The molecule has 0 aliphatic carbocycles. The molecule has 26 heavy (non-hydrogen) atoms. The quantitative estimate of drug-likeness (QED) is 0.583. The largest absolute Gasteiger partial charge is 0.493 e. The van der Waals surface area contributed by atoms with Gasteiger partial charge >= 0.3 is 0 Å². The lowest BCUT2D eigenvalue weighted by Gasteiger charge is -2.02. The van der Waals surface area contributed by atoms with Crippen LogP contribution in [0.3, 0.4) is 0 Å². The second-order valence-corrected chi connectivity index (χ2v) is 6.80. The topological polar surface area (TPSA) is 92.8 Å². The van der Waals surface area contributed by atoms with Crippen LogP contribution in [-0.2, 0) is 6.42 Å². The molecular weight excluding hydrogens is 350 g/mol. The smallest absolute Gasteiger partial charge is 0.257 e. The number of amides is 1. The Morgan fingerprint density at radius 3 is 3.04 bits per heavy atom. The Kier molecular flexibility index (Phi) is 3.42. The molecule has 0 atom stereocenters. The third-order valence-electron chi connectivity index (χ3n) is 4.29. The number of nitrogens with one attached hydrogen (secondary N) is 2. The van der Waals surface area contributed by atoms with Gasteiger partial charge in [-0.3, -0.25) is 10.1 Å². The van der Waals surface area contributed by atoms with Crippen molar-refractivity contribution in [3.05, 3.63) is 52.9 Å². The Balaban J connectivity index is 1.37. The fourth-order valence-electron chi connectivity index (χ4n) is 2.96. The van der Waals surface area contributed by atoms with Crippen molar-refractivity contribution >= 4 is 33.4 Å². The standard InChI is InChI=1S/C18H13N5O2S/c24-17(12-1-3-13-14(8-12)22-23-21-13)20-18-19-15(9-26-18)10-2-4-16-11(7-10)5-6-25-16/h1-4,7-9H,5-6H2,(H,19,20,24)(H,21,22,23). The van der Waals surface area contributed by atoms with Gasteiger partial charge in [-0.2, -0.15) is 15.4 Å². The molecule has 7 nitrogen and oxygen atoms in total. The number of hydrogen-bond donors (Lipinski definition) is 2. The van der Waals surface area contributed by atoms with Gasteiger partial charge in [0.1, 0.15) is 16.8 Å². The Labute approximate surface area is 152 Å². The van der Waals surface area contributed by atoms with Gasteiger partial charge in [0.25, 0.3) is 5.91 Å². The van der Waals surface area contributed by atoms with E-state index in [1.54, 1.807) is 18.2 Å². The number of rotatable bonds is 3. The molecule has 0 unspecified atom stereocenters. The summed E-state index contributed by atoms with van der Waals surface area (Å²) in [6.45, 7) is 0.729. The van der Waals surface area contributed by atoms with Crippen molar-refractivity contribution in [3.63, 3.8) is 0 Å². The van der Waals surface area contributed by atoms with Gasteiger partial charge in [-0.1, -0.05) is 0 Å². The summed E-state index contributed by atoms with van der Waals surface area (Å²) in [4.78, 5) is 17.0. The third kappa shape index (κ3) is 2.60. The van der Waals surface area contributed by atoms with E-state index in [0.29, 0.717) is 16.2 Å². The van der Waals surface area contributed by atoms with Crippen LogP contribution in [-0.4, -0.2) is 32.9 Å². The maximum absolute atomic E-state index is 12.5. The monoisotopic (exact) mass is 363 g/mol. The molecule has 128 valence electrons. The highest BCUT2D eigenvalue weighted by Crippen LogP contribution is 2.32. The molecule has 4 aromatic rings. The van der Waals surface area contributed by atoms with Crippen LogP contribution >= 0.6 is 11.3 Å². The highest BCUT2D eigenvalue weighted by molar-refractivity contribution is 7.14. The second kappa shape index (κ2) is 5.92. The first-order chi connectivity index (χ1) is 12.8. The number of carbonyl (C=O) groups excluding carboxylic acids is 1. The maximum atomic E-state index is 12.5. The molecule has 0 bridgehead atoms. The highest BCUT2D eigenvalue weighted by Gasteiger charge is 2.15. The van der Waals surface area contributed by atoms with E-state index in [1.165, 1.54) is 16.9 Å². The summed E-state index contributed by atoms with van der Waals surface area (Å²) < 4.78 is 5.53. The Hall–Kier alpha value is -3.26. The number of fused-ring (bicyclic) bond motifs is 2. The first-order valence-corrected chi connectivity index (χ1v) is 8.98. The number of aromatic amines is 1. The van der Waals surface area contributed by atoms with Gasteiger partial charge in [0.15, 0.2) is 5.13 Å². The minimum atomic E-state index is -0.224. The van der Waals surface area contributed by atoms with Gasteiger partial charge in [-0.05, 0) is 42.0 Å². The number of nitrogens with zero attached hydrogens (tertiary/aromatic N) is 3. The normalized spacial score (nSPS) is 12.8. The molecule has 0 fully saturated rings. The van der Waals surface area contributed by atoms with Crippen molar-refractivity contribution in [1.29, 1.82) is 0 Å². The van der Waals surface area contributed by atoms with Crippen LogP contribution in [0.2, 0.25) is 0 Å². The molecule has 2 aromatic carbocycles. The maximum Gasteiger partial charge on any atom is 0.257 e. The molecule has 0 saturated heterocycles. The summed E-state index contributed by atoms with van der Waals surface area (Å²) in [5.41, 5.74) is 4.94. The molecule has 5 rings (SSSR count). The van der Waals surface area contributed by atoms with Crippen LogP contribution in [0, 0.1) is 0 Å². The molecule has 3 heterocycles. The minimum absolute atomic E-state index is 0.224. The lowest BCUT2D eigenvalue weighted by molar-refractivity contribution is 0.102. The Morgan fingerprint density at radius 2 is 2.08 bits per heavy atom. The van der Waals surface area contributed by atoms with Gasteiger partial charge < -0.3 is 4.74 Å². The average Bonchev–Trinajstić information content (AvgIpc) is 3.40. The number of thiazole rings is 1. The van der Waals surface area contributed by atoms with E-state index in [0.717, 1.165) is 35.6 Å². The van der Waals surface area contributed by atoms with E-state index in [1.807, 2.05) is 17.5 Å². The first kappa shape index (κ1) is 15.0. The van der Waals surface area contributed by atoms with E-state index in [-0.39, 0.29) is 5.91 Å². The van der Waals surface area contributed by atoms with Gasteiger partial charge in [0, 0.05) is 22.9 Å². The van der Waals surface area contributed by atoms with Crippen LogP contribution in [0.4, 0.5) is 5.13 Å². The van der Waals surface area contributed by atoms with Crippen LogP contribution in [0.25, 0.3) is 22.3 Å². The molecular formula is C18H13N5O2S. The third-order valence-corrected chi connectivity index (χ3v) is 5.05. The van der Waals surface area contributed by atoms with Crippen molar-refractivity contribution in [3.8, 4) is 17.0 Å². The van der Waals surface area contributed by atoms with Crippen LogP contribution in [0.1, 0.15) is 15.9 Å². The van der Waals surface area contributed by atoms with Crippen molar-refractivity contribution < 1.29 is 9.53 Å². The molecule has 1 amide bonds. The molecule has 8 heteroatoms. The van der Waals surface area contributed by atoms with E-state index in [2.05, 4.69) is 31.8 Å². The van der Waals surface area contributed by atoms with E-state index in [9.17, 15) is 4.79 Å². The summed E-state index contributed by atoms with van der Waals surface area (Å²) in [6, 6.07) is 11.2. The van der Waals surface area contributed by atoms with Crippen molar-refractivity contribution in [2.75, 3.05) is 11.9 Å². The van der Waals surface area contributed by atoms with Gasteiger partial charge in [-0.15, -0.1) is 11.3 Å². The number of H-pyrrole nitrogens is 1. The SMILES string of the molecule is O=C(Nc1nc(-c2ccc3c(c2)CCO3)cs1)c1ccc2n[nH]nc2c1. The minimum Gasteiger partial charge on any atom is -0.493 e. The molecule has 0 saturated carbocycles. The Morgan fingerprint density at radius 1 is 1.15 bits per heavy atom. The zero-order chi connectivity index (χ0) is 17.5. The summed E-state index contributed by atoms with van der Waals surface area (Å²) in [6.07, 6.45) is 0.918. The van der Waals surface area contributed by atoms with Crippen LogP contribution < -0.4 is 10.1 Å². The fourth-order valence-corrected chi connectivity index (χ4v) is 3.68. The molecule has 0 radical (unpaired) electrons. The Bertz CT molecular complexity index is 1130. The number of aromatic nitrogens is 4. The number of anilines is 1. The lowest BCUT2D eigenvalue weighted by Crippen LogP contribution is -2.11. The summed E-state index contributed by atoms with van der Waals surface area (Å²) in [7, 11) is 0. The fraction of sp³-hybridized carbons (Fsp3) is 0.111.